The number of hydrogen-bond acceptors (Lipinski definition) is 2. The molecule has 5 saturated carbocycles. The van der Waals surface area contributed by atoms with Crippen molar-refractivity contribution in [1.29, 1.82) is 0 Å². The normalized spacial score (nSPS) is 50.6. The summed E-state index contributed by atoms with van der Waals surface area (Å²) in [6, 6.07) is 0. The van der Waals surface area contributed by atoms with Gasteiger partial charge >= 0.3 is 5.97 Å². The third-order valence-electron chi connectivity index (χ3n) is 7.63. The fourth-order valence-electron chi connectivity index (χ4n) is 6.74. The molecule has 0 aromatic rings. The molecule has 0 amide bonds. The summed E-state index contributed by atoms with van der Waals surface area (Å²) in [5, 5.41) is 0. The molecular weight excluding hydrogens is 260 g/mol. The first-order chi connectivity index (χ1) is 10.3. The second-order valence-corrected chi connectivity index (χ2v) is 8.36. The molecule has 0 saturated heterocycles. The predicted octanol–water partition coefficient (Wildman–Crippen LogP) is 4.10. The highest BCUT2D eigenvalue weighted by molar-refractivity contribution is 5.74. The molecule has 21 heavy (non-hydrogen) atoms. The molecule has 5 fully saturated rings. The van der Waals surface area contributed by atoms with Crippen LogP contribution in [0.2, 0.25) is 0 Å². The van der Waals surface area contributed by atoms with Gasteiger partial charge in [0.05, 0.1) is 5.92 Å². The van der Waals surface area contributed by atoms with Gasteiger partial charge in [-0.3, -0.25) is 4.79 Å². The lowest BCUT2D eigenvalue weighted by atomic mass is 9.41. The van der Waals surface area contributed by atoms with Crippen LogP contribution in [0.25, 0.3) is 0 Å². The monoisotopic (exact) mass is 286 g/mol. The first kappa shape index (κ1) is 12.7. The summed E-state index contributed by atoms with van der Waals surface area (Å²) in [6.07, 6.45) is 16.3. The first-order valence-electron chi connectivity index (χ1n) is 9.17. The van der Waals surface area contributed by atoms with Gasteiger partial charge < -0.3 is 4.74 Å². The smallest absolute Gasteiger partial charge is 0.309 e. The fourth-order valence-corrected chi connectivity index (χ4v) is 6.74. The summed E-state index contributed by atoms with van der Waals surface area (Å²) in [5.74, 6) is 3.50. The van der Waals surface area contributed by atoms with Crippen LogP contribution in [-0.2, 0) is 9.53 Å². The van der Waals surface area contributed by atoms with Crippen LogP contribution in [0.1, 0.15) is 57.8 Å². The van der Waals surface area contributed by atoms with Crippen LogP contribution in [0.15, 0.2) is 12.2 Å². The maximum Gasteiger partial charge on any atom is 0.309 e. The van der Waals surface area contributed by atoms with Crippen LogP contribution in [0.4, 0.5) is 0 Å². The summed E-state index contributed by atoms with van der Waals surface area (Å²) < 4.78 is 5.90. The van der Waals surface area contributed by atoms with Gasteiger partial charge in [0.1, 0.15) is 6.10 Å². The highest BCUT2D eigenvalue weighted by atomic mass is 16.5. The van der Waals surface area contributed by atoms with Crippen molar-refractivity contribution >= 4 is 5.97 Å². The maximum absolute atomic E-state index is 12.7. The van der Waals surface area contributed by atoms with Crippen molar-refractivity contribution < 1.29 is 9.53 Å². The van der Waals surface area contributed by atoms with E-state index in [0.29, 0.717) is 11.3 Å². The molecule has 0 aromatic heterocycles. The third kappa shape index (κ3) is 1.62. The third-order valence-corrected chi connectivity index (χ3v) is 7.63. The number of esters is 1. The van der Waals surface area contributed by atoms with Crippen molar-refractivity contribution in [2.75, 3.05) is 0 Å². The molecule has 0 aliphatic heterocycles. The molecular formula is C19H26O2. The molecule has 0 aromatic carbocycles. The highest BCUT2D eigenvalue weighted by Crippen LogP contribution is 2.75. The SMILES string of the molecule is O=C(OC1CCCCC1)C1CCC23CC1C2C1C=CC3C1. The quantitative estimate of drug-likeness (QED) is 0.564. The van der Waals surface area contributed by atoms with E-state index in [9.17, 15) is 4.79 Å². The Hall–Kier alpha value is -0.790. The van der Waals surface area contributed by atoms with Gasteiger partial charge in [-0.05, 0) is 80.5 Å². The van der Waals surface area contributed by atoms with Crippen molar-refractivity contribution in [1.82, 2.24) is 0 Å². The summed E-state index contributed by atoms with van der Waals surface area (Å²) >= 11 is 0. The molecule has 0 heterocycles. The maximum atomic E-state index is 12.7. The molecule has 0 radical (unpaired) electrons. The van der Waals surface area contributed by atoms with E-state index in [-0.39, 0.29) is 18.0 Å². The standard InChI is InChI=1S/C19H26O2/c20-18(21-14-4-2-1-3-5-14)15-8-9-19-11-16(15)17(19)12-6-7-13(19)10-12/h6-7,12-17H,1-5,8-11H2. The van der Waals surface area contributed by atoms with Gasteiger partial charge in [-0.1, -0.05) is 18.6 Å². The lowest BCUT2D eigenvalue weighted by Gasteiger charge is -2.62. The number of allylic oxidation sites excluding steroid dienone is 2. The topological polar surface area (TPSA) is 26.3 Å². The minimum atomic E-state index is 0.159. The van der Waals surface area contributed by atoms with Crippen molar-refractivity contribution in [2.24, 2.45) is 35.0 Å². The molecule has 2 heteroatoms. The van der Waals surface area contributed by atoms with Crippen LogP contribution in [0.5, 0.6) is 0 Å². The molecule has 114 valence electrons. The summed E-state index contributed by atoms with van der Waals surface area (Å²) in [6.45, 7) is 0. The lowest BCUT2D eigenvalue weighted by Crippen LogP contribution is -2.58. The van der Waals surface area contributed by atoms with E-state index in [0.717, 1.165) is 37.0 Å². The van der Waals surface area contributed by atoms with Crippen molar-refractivity contribution in [3.05, 3.63) is 12.2 Å². The Bertz CT molecular complexity index is 486. The Kier molecular flexibility index (Phi) is 2.64. The van der Waals surface area contributed by atoms with E-state index >= 15 is 0 Å². The molecule has 2 nitrogen and oxygen atoms in total. The Morgan fingerprint density at radius 3 is 2.76 bits per heavy atom. The van der Waals surface area contributed by atoms with Crippen molar-refractivity contribution in [3.8, 4) is 0 Å². The van der Waals surface area contributed by atoms with Crippen LogP contribution in [-0.4, -0.2) is 12.1 Å². The molecule has 1 spiro atoms. The van der Waals surface area contributed by atoms with E-state index in [1.165, 1.54) is 38.5 Å². The van der Waals surface area contributed by atoms with Crippen LogP contribution >= 0.6 is 0 Å². The van der Waals surface area contributed by atoms with Crippen molar-refractivity contribution in [2.45, 2.75) is 63.9 Å². The Balaban J connectivity index is 1.29. The molecule has 0 N–H and O–H groups in total. The number of ether oxygens (including phenoxy) is 1. The number of fused-ring (bicyclic) bond motifs is 4. The van der Waals surface area contributed by atoms with Crippen LogP contribution in [0, 0.1) is 35.0 Å². The number of carbonyl (C=O) groups excluding carboxylic acids is 1. The van der Waals surface area contributed by atoms with E-state index in [1.54, 1.807) is 0 Å². The lowest BCUT2D eigenvalue weighted by molar-refractivity contribution is -0.181. The van der Waals surface area contributed by atoms with E-state index < -0.39 is 0 Å². The Morgan fingerprint density at radius 2 is 1.95 bits per heavy atom. The number of carbonyl (C=O) groups is 1. The van der Waals surface area contributed by atoms with Crippen LogP contribution < -0.4 is 0 Å². The zero-order valence-corrected chi connectivity index (χ0v) is 12.8. The van der Waals surface area contributed by atoms with Gasteiger partial charge in [-0.25, -0.2) is 0 Å². The molecule has 6 atom stereocenters. The van der Waals surface area contributed by atoms with Crippen molar-refractivity contribution in [3.63, 3.8) is 0 Å². The largest absolute Gasteiger partial charge is 0.462 e. The second-order valence-electron chi connectivity index (χ2n) is 8.36. The van der Waals surface area contributed by atoms with Crippen LogP contribution in [0.3, 0.4) is 0 Å². The highest BCUT2D eigenvalue weighted by Gasteiger charge is 2.69. The van der Waals surface area contributed by atoms with Gasteiger partial charge in [-0.2, -0.15) is 0 Å². The average molecular weight is 286 g/mol. The number of hydrogen-bond donors (Lipinski definition) is 0. The zero-order valence-electron chi connectivity index (χ0n) is 12.8. The van der Waals surface area contributed by atoms with Gasteiger partial charge in [-0.15, -0.1) is 0 Å². The fraction of sp³-hybridized carbons (Fsp3) is 0.842. The van der Waals surface area contributed by atoms with Gasteiger partial charge in [0.15, 0.2) is 0 Å². The summed E-state index contributed by atoms with van der Waals surface area (Å²) in [4.78, 5) is 12.7. The minimum Gasteiger partial charge on any atom is -0.462 e. The minimum absolute atomic E-state index is 0.159. The zero-order chi connectivity index (χ0) is 14.0. The van der Waals surface area contributed by atoms with Gasteiger partial charge in [0.25, 0.3) is 0 Å². The van der Waals surface area contributed by atoms with Gasteiger partial charge in [0, 0.05) is 0 Å². The molecule has 4 bridgehead atoms. The molecule has 6 rings (SSSR count). The molecule has 6 aliphatic rings. The summed E-state index contributed by atoms with van der Waals surface area (Å²) in [5.41, 5.74) is 0.617. The predicted molar refractivity (Wildman–Crippen MR) is 80.5 cm³/mol. The van der Waals surface area contributed by atoms with E-state index in [1.807, 2.05) is 0 Å². The second kappa shape index (κ2) is 4.36. The van der Waals surface area contributed by atoms with E-state index in [2.05, 4.69) is 12.2 Å². The molecule has 6 unspecified atom stereocenters. The summed E-state index contributed by atoms with van der Waals surface area (Å²) in [7, 11) is 0. The van der Waals surface area contributed by atoms with E-state index in [4.69, 9.17) is 4.74 Å². The molecule has 6 aliphatic carbocycles. The average Bonchev–Trinajstić information content (AvgIpc) is 3.05. The number of rotatable bonds is 2. The Labute approximate surface area is 127 Å². The Morgan fingerprint density at radius 1 is 1.10 bits per heavy atom. The first-order valence-corrected chi connectivity index (χ1v) is 9.17. The van der Waals surface area contributed by atoms with Gasteiger partial charge in [0.2, 0.25) is 0 Å².